The van der Waals surface area contributed by atoms with Crippen molar-refractivity contribution in [2.45, 2.75) is 92.5 Å². The molecule has 0 aliphatic rings. The summed E-state index contributed by atoms with van der Waals surface area (Å²) in [5, 5.41) is 90.0. The van der Waals surface area contributed by atoms with Crippen LogP contribution in [0.3, 0.4) is 0 Å². The van der Waals surface area contributed by atoms with Crippen molar-refractivity contribution >= 4 is 34.0 Å². The van der Waals surface area contributed by atoms with Crippen molar-refractivity contribution in [2.24, 2.45) is 9.98 Å². The molecule has 0 unspecified atom stereocenters. The number of aryl methyl sites for hydroxylation is 2. The zero-order valence-electron chi connectivity index (χ0n) is 27.5. The number of fused-ring (bicyclic) bond motifs is 2. The minimum absolute atomic E-state index is 0.00730. The van der Waals surface area contributed by atoms with E-state index < -0.39 is 24.0 Å². The second kappa shape index (κ2) is 13.1. The van der Waals surface area contributed by atoms with Crippen LogP contribution in [0.25, 0.3) is 32.7 Å². The van der Waals surface area contributed by atoms with Crippen LogP contribution in [0.15, 0.2) is 22.1 Å². The minimum atomic E-state index is -1.08. The fourth-order valence-electron chi connectivity index (χ4n) is 6.16. The zero-order chi connectivity index (χ0) is 34.4. The van der Waals surface area contributed by atoms with E-state index in [2.05, 4.69) is 9.98 Å². The third-order valence-corrected chi connectivity index (χ3v) is 8.47. The van der Waals surface area contributed by atoms with E-state index in [4.69, 9.17) is 0 Å². The summed E-state index contributed by atoms with van der Waals surface area (Å²) in [4.78, 5) is 8.18. The van der Waals surface area contributed by atoms with E-state index in [0.717, 1.165) is 0 Å². The Bertz CT molecular complexity index is 1760. The Morgan fingerprint density at radius 3 is 1.17 bits per heavy atom. The minimum Gasteiger partial charge on any atom is -0.507 e. The molecule has 0 aliphatic carbocycles. The number of hydrogen-bond donors (Lipinski definition) is 8. The van der Waals surface area contributed by atoms with Gasteiger partial charge in [-0.2, -0.15) is 0 Å². The molecule has 8 N–H and O–H groups in total. The van der Waals surface area contributed by atoms with E-state index >= 15 is 0 Å². The van der Waals surface area contributed by atoms with Gasteiger partial charge in [0, 0.05) is 56.6 Å². The predicted octanol–water partition coefficient (Wildman–Crippen LogP) is 7.05. The van der Waals surface area contributed by atoms with E-state index in [1.54, 1.807) is 39.8 Å². The standard InChI is InChI=1S/C36H44N2O8/c1-9-23(39)37-13-21-29-19(25(15(3)4)35(45)31(21)41)11-17(7)27(33(29)43)28-18(8)12-20-26(16(5)6)36(46)32(42)22(30(20)34(28)44)14-38-24(40)10-2/h11-16,23-24,39-46H,9-10H2,1-8H3/t23-,24+. The number of benzene rings is 4. The molecule has 246 valence electrons. The first-order valence-corrected chi connectivity index (χ1v) is 15.5. The number of nitrogens with zero attached hydrogens (tertiary/aromatic N) is 2. The van der Waals surface area contributed by atoms with Crippen LogP contribution < -0.4 is 0 Å². The molecular formula is C36H44N2O8. The lowest BCUT2D eigenvalue weighted by Crippen LogP contribution is -2.03. The molecule has 10 nitrogen and oxygen atoms in total. The number of hydrogen-bond acceptors (Lipinski definition) is 10. The van der Waals surface area contributed by atoms with Crippen molar-refractivity contribution in [3.05, 3.63) is 45.5 Å². The highest BCUT2D eigenvalue weighted by Gasteiger charge is 2.29. The largest absolute Gasteiger partial charge is 0.507 e. The molecule has 0 spiro atoms. The van der Waals surface area contributed by atoms with Crippen molar-refractivity contribution in [3.63, 3.8) is 0 Å². The Morgan fingerprint density at radius 1 is 0.565 bits per heavy atom. The van der Waals surface area contributed by atoms with Gasteiger partial charge < -0.3 is 40.9 Å². The van der Waals surface area contributed by atoms with Gasteiger partial charge in [-0.05, 0) is 60.4 Å². The maximum atomic E-state index is 12.1. The Labute approximate surface area is 268 Å². The number of rotatable bonds is 9. The van der Waals surface area contributed by atoms with Crippen LogP contribution in [0.2, 0.25) is 0 Å². The van der Waals surface area contributed by atoms with Crippen LogP contribution in [0.1, 0.15) is 99.6 Å². The Hall–Kier alpha value is -4.54. The third-order valence-electron chi connectivity index (χ3n) is 8.47. The lowest BCUT2D eigenvalue weighted by Gasteiger charge is -2.23. The summed E-state index contributed by atoms with van der Waals surface area (Å²) in [6.07, 6.45) is 0.869. The second-order valence-electron chi connectivity index (χ2n) is 12.4. The van der Waals surface area contributed by atoms with Crippen LogP contribution in [0, 0.1) is 13.8 Å². The highest BCUT2D eigenvalue weighted by molar-refractivity contribution is 6.15. The van der Waals surface area contributed by atoms with Gasteiger partial charge in [-0.25, -0.2) is 0 Å². The van der Waals surface area contributed by atoms with Gasteiger partial charge in [0.2, 0.25) is 0 Å². The van der Waals surface area contributed by atoms with E-state index in [1.807, 2.05) is 27.7 Å². The molecule has 46 heavy (non-hydrogen) atoms. The second-order valence-corrected chi connectivity index (χ2v) is 12.4. The van der Waals surface area contributed by atoms with Crippen molar-refractivity contribution in [3.8, 4) is 45.6 Å². The van der Waals surface area contributed by atoms with Crippen LogP contribution in [0.4, 0.5) is 0 Å². The summed E-state index contributed by atoms with van der Waals surface area (Å²) in [5.74, 6) is -2.87. The van der Waals surface area contributed by atoms with Crippen LogP contribution in [-0.4, -0.2) is 65.7 Å². The molecule has 0 heterocycles. The van der Waals surface area contributed by atoms with Crippen LogP contribution in [-0.2, 0) is 0 Å². The van der Waals surface area contributed by atoms with Crippen LogP contribution in [0.5, 0.6) is 34.5 Å². The van der Waals surface area contributed by atoms with E-state index in [0.29, 0.717) is 45.9 Å². The molecule has 2 atom stereocenters. The molecule has 0 saturated carbocycles. The fourth-order valence-corrected chi connectivity index (χ4v) is 6.16. The van der Waals surface area contributed by atoms with Crippen LogP contribution >= 0.6 is 0 Å². The van der Waals surface area contributed by atoms with Crippen molar-refractivity contribution in [2.75, 3.05) is 0 Å². The quantitative estimate of drug-likeness (QED) is 0.0712. The topological polar surface area (TPSA) is 187 Å². The van der Waals surface area contributed by atoms with Crippen molar-refractivity contribution in [1.82, 2.24) is 0 Å². The molecule has 4 aromatic rings. The highest BCUT2D eigenvalue weighted by Crippen LogP contribution is 2.54. The first-order valence-electron chi connectivity index (χ1n) is 15.5. The molecule has 0 saturated heterocycles. The van der Waals surface area contributed by atoms with Gasteiger partial charge in [-0.1, -0.05) is 53.7 Å². The van der Waals surface area contributed by atoms with E-state index in [-0.39, 0.29) is 67.9 Å². The Balaban J connectivity index is 2.25. The van der Waals surface area contributed by atoms with E-state index in [9.17, 15) is 40.9 Å². The monoisotopic (exact) mass is 632 g/mol. The fraction of sp³-hybridized carbons (Fsp3) is 0.389. The number of aliphatic imine (C=N–C) groups is 2. The van der Waals surface area contributed by atoms with Gasteiger partial charge >= 0.3 is 0 Å². The average molecular weight is 633 g/mol. The molecule has 0 amide bonds. The highest BCUT2D eigenvalue weighted by atomic mass is 16.3. The first-order chi connectivity index (χ1) is 21.6. The maximum Gasteiger partial charge on any atom is 0.167 e. The molecule has 0 fully saturated rings. The number of aliphatic hydroxyl groups excluding tert-OH is 2. The molecule has 10 heteroatoms. The van der Waals surface area contributed by atoms with Gasteiger partial charge in [0.15, 0.2) is 23.0 Å². The molecule has 0 aromatic heterocycles. The predicted molar refractivity (Wildman–Crippen MR) is 182 cm³/mol. The number of aliphatic hydroxyl groups is 2. The normalized spacial score (nSPS) is 13.7. The summed E-state index contributed by atoms with van der Waals surface area (Å²) in [7, 11) is 0. The summed E-state index contributed by atoms with van der Waals surface area (Å²) in [6.45, 7) is 14.3. The van der Waals surface area contributed by atoms with Gasteiger partial charge in [0.1, 0.15) is 24.0 Å². The summed E-state index contributed by atoms with van der Waals surface area (Å²) in [5.41, 5.74) is 2.32. The molecule has 4 aromatic carbocycles. The Kier molecular flexibility index (Phi) is 9.75. The summed E-state index contributed by atoms with van der Waals surface area (Å²) in [6, 6.07) is 3.51. The average Bonchev–Trinajstić information content (AvgIpc) is 2.98. The lowest BCUT2D eigenvalue weighted by molar-refractivity contribution is 0.181. The SMILES string of the molecule is CC[C@@H](O)N=Cc1c(O)c(O)c(C(C)C)c2cc(C)c(-c3c(C)cc4c(C(C)C)c(O)c(O)c(C=N[C@@H](O)CC)c4c3O)c(O)c12. The van der Waals surface area contributed by atoms with E-state index in [1.165, 1.54) is 12.4 Å². The molecule has 0 bridgehead atoms. The molecule has 0 aliphatic heterocycles. The molecule has 0 radical (unpaired) electrons. The van der Waals surface area contributed by atoms with Crippen molar-refractivity contribution < 1.29 is 40.9 Å². The lowest BCUT2D eigenvalue weighted by atomic mass is 9.83. The summed E-state index contributed by atoms with van der Waals surface area (Å²) >= 11 is 0. The van der Waals surface area contributed by atoms with Gasteiger partial charge in [-0.15, -0.1) is 0 Å². The number of aromatic hydroxyl groups is 6. The van der Waals surface area contributed by atoms with Gasteiger partial charge in [-0.3, -0.25) is 9.98 Å². The van der Waals surface area contributed by atoms with Gasteiger partial charge in [0.25, 0.3) is 0 Å². The summed E-state index contributed by atoms with van der Waals surface area (Å²) < 4.78 is 0. The molecular weight excluding hydrogens is 588 g/mol. The first kappa shape index (κ1) is 34.3. The smallest absolute Gasteiger partial charge is 0.167 e. The third kappa shape index (κ3) is 5.67. The van der Waals surface area contributed by atoms with Gasteiger partial charge in [0.05, 0.1) is 0 Å². The maximum absolute atomic E-state index is 12.1. The zero-order valence-corrected chi connectivity index (χ0v) is 27.5. The number of phenols is 6. The molecule has 4 rings (SSSR count). The van der Waals surface area contributed by atoms with Crippen molar-refractivity contribution in [1.29, 1.82) is 0 Å². The number of phenolic OH excluding ortho intramolecular Hbond substituents is 6. The Morgan fingerprint density at radius 2 is 0.891 bits per heavy atom.